The minimum absolute atomic E-state index is 0.498. The molecule has 60 valence electrons. The van der Waals surface area contributed by atoms with Gasteiger partial charge in [-0.15, -0.1) is 0 Å². The maximum absolute atomic E-state index is 5.20. The molecule has 0 bridgehead atoms. The molecule has 10 heavy (non-hydrogen) atoms. The van der Waals surface area contributed by atoms with Crippen LogP contribution in [0.1, 0.15) is 6.42 Å². The van der Waals surface area contributed by atoms with Crippen molar-refractivity contribution in [1.82, 2.24) is 0 Å². The molecule has 0 aromatic heterocycles. The van der Waals surface area contributed by atoms with Gasteiger partial charge in [-0.3, -0.25) is 0 Å². The second kappa shape index (κ2) is 8.39. The van der Waals surface area contributed by atoms with Gasteiger partial charge in [0.1, 0.15) is 6.61 Å². The van der Waals surface area contributed by atoms with E-state index in [2.05, 4.69) is 5.16 Å². The van der Waals surface area contributed by atoms with Gasteiger partial charge in [0.2, 0.25) is 0 Å². The number of nitrogens with two attached hydrogens (primary N) is 1. The smallest absolute Gasteiger partial charge is 0.140 e. The molecule has 0 spiro atoms. The molecular weight excluding hydrogens is 132 g/mol. The number of hydrogen-bond donors (Lipinski definition) is 1. The molecule has 0 aliphatic carbocycles. The van der Waals surface area contributed by atoms with Crippen LogP contribution in [0, 0.1) is 0 Å². The Kier molecular flexibility index (Phi) is 7.88. The molecule has 4 heteroatoms. The van der Waals surface area contributed by atoms with Crippen LogP contribution in [0.3, 0.4) is 0 Å². The van der Waals surface area contributed by atoms with E-state index in [4.69, 9.17) is 15.3 Å². The Balaban J connectivity index is 2.88. The van der Waals surface area contributed by atoms with E-state index in [1.807, 2.05) is 0 Å². The fourth-order valence-corrected chi connectivity index (χ4v) is 0.353. The van der Waals surface area contributed by atoms with E-state index < -0.39 is 0 Å². The number of methoxy groups -OCH3 is 1. The second-order valence-corrected chi connectivity index (χ2v) is 1.69. The average molecular weight is 146 g/mol. The van der Waals surface area contributed by atoms with Crippen molar-refractivity contribution in [3.63, 3.8) is 0 Å². The molecular formula is C6H14N2O2. The molecule has 0 rings (SSSR count). The van der Waals surface area contributed by atoms with Crippen LogP contribution in [0.25, 0.3) is 0 Å². The predicted molar refractivity (Wildman–Crippen MR) is 40.0 cm³/mol. The van der Waals surface area contributed by atoms with Crippen LogP contribution in [-0.2, 0) is 9.57 Å². The SMILES string of the molecule is COCCON=CCCN. The molecule has 0 aromatic carbocycles. The maximum atomic E-state index is 5.20. The molecule has 0 unspecified atom stereocenters. The normalized spacial score (nSPS) is 10.6. The molecule has 0 saturated carbocycles. The summed E-state index contributed by atoms with van der Waals surface area (Å²) in [5.41, 5.74) is 5.20. The lowest BCUT2D eigenvalue weighted by Crippen LogP contribution is -2.00. The van der Waals surface area contributed by atoms with Crippen molar-refractivity contribution >= 4 is 6.21 Å². The van der Waals surface area contributed by atoms with Crippen LogP contribution in [0.4, 0.5) is 0 Å². The first kappa shape index (κ1) is 9.39. The molecule has 0 aliphatic rings. The molecule has 0 atom stereocenters. The Labute approximate surface area is 61.0 Å². The summed E-state index contributed by atoms with van der Waals surface area (Å²) in [6.07, 6.45) is 2.41. The molecule has 0 amide bonds. The standard InChI is InChI=1S/C6H14N2O2/c1-9-5-6-10-8-4-2-3-7/h4H,2-3,5-7H2,1H3. The average Bonchev–Trinajstić information content (AvgIpc) is 1.97. The Morgan fingerprint density at radius 3 is 2.90 bits per heavy atom. The third-order valence-corrected chi connectivity index (χ3v) is 0.824. The van der Waals surface area contributed by atoms with Crippen molar-refractivity contribution in [3.8, 4) is 0 Å². The zero-order valence-electron chi connectivity index (χ0n) is 6.25. The minimum Gasteiger partial charge on any atom is -0.394 e. The zero-order valence-corrected chi connectivity index (χ0v) is 6.25. The van der Waals surface area contributed by atoms with Crippen molar-refractivity contribution in [3.05, 3.63) is 0 Å². The van der Waals surface area contributed by atoms with Crippen LogP contribution in [0.5, 0.6) is 0 Å². The van der Waals surface area contributed by atoms with Gasteiger partial charge in [0.05, 0.1) is 6.61 Å². The fourth-order valence-electron chi connectivity index (χ4n) is 0.353. The molecule has 0 radical (unpaired) electrons. The summed E-state index contributed by atoms with van der Waals surface area (Å²) in [5.74, 6) is 0. The van der Waals surface area contributed by atoms with E-state index in [0.717, 1.165) is 6.42 Å². The molecule has 0 fully saturated rings. The van der Waals surface area contributed by atoms with Crippen molar-refractivity contribution in [1.29, 1.82) is 0 Å². The lowest BCUT2D eigenvalue weighted by Gasteiger charge is -1.95. The van der Waals surface area contributed by atoms with Gasteiger partial charge < -0.3 is 15.3 Å². The topological polar surface area (TPSA) is 56.8 Å². The molecule has 4 nitrogen and oxygen atoms in total. The van der Waals surface area contributed by atoms with Crippen LogP contribution in [0.2, 0.25) is 0 Å². The third-order valence-electron chi connectivity index (χ3n) is 0.824. The summed E-state index contributed by atoms with van der Waals surface area (Å²) in [4.78, 5) is 4.77. The summed E-state index contributed by atoms with van der Waals surface area (Å²) in [6, 6.07) is 0. The highest BCUT2D eigenvalue weighted by Crippen LogP contribution is 1.76. The Bertz CT molecular complexity index is 85.8. The van der Waals surface area contributed by atoms with Crippen LogP contribution in [0.15, 0.2) is 5.16 Å². The van der Waals surface area contributed by atoms with Crippen molar-refractivity contribution < 1.29 is 9.57 Å². The van der Waals surface area contributed by atoms with Gasteiger partial charge in [0, 0.05) is 13.3 Å². The first-order valence-electron chi connectivity index (χ1n) is 3.24. The van der Waals surface area contributed by atoms with Crippen LogP contribution in [-0.4, -0.2) is 33.1 Å². The van der Waals surface area contributed by atoms with Crippen LogP contribution < -0.4 is 5.73 Å². The summed E-state index contributed by atoms with van der Waals surface area (Å²) in [6.45, 7) is 1.68. The first-order chi connectivity index (χ1) is 4.91. The van der Waals surface area contributed by atoms with Gasteiger partial charge in [-0.2, -0.15) is 0 Å². The number of rotatable bonds is 6. The Morgan fingerprint density at radius 1 is 1.50 bits per heavy atom. The maximum Gasteiger partial charge on any atom is 0.140 e. The Morgan fingerprint density at radius 2 is 2.30 bits per heavy atom. The van der Waals surface area contributed by atoms with E-state index in [1.54, 1.807) is 13.3 Å². The number of ether oxygens (including phenoxy) is 1. The molecule has 2 N–H and O–H groups in total. The highest BCUT2D eigenvalue weighted by Gasteiger charge is 1.80. The summed E-state index contributed by atoms with van der Waals surface area (Å²) < 4.78 is 4.72. The lowest BCUT2D eigenvalue weighted by molar-refractivity contribution is 0.0756. The highest BCUT2D eigenvalue weighted by atomic mass is 16.6. The summed E-state index contributed by atoms with van der Waals surface area (Å²) >= 11 is 0. The van der Waals surface area contributed by atoms with E-state index in [0.29, 0.717) is 19.8 Å². The van der Waals surface area contributed by atoms with Gasteiger partial charge in [-0.25, -0.2) is 0 Å². The van der Waals surface area contributed by atoms with Crippen molar-refractivity contribution in [2.75, 3.05) is 26.9 Å². The molecule has 0 aromatic rings. The largest absolute Gasteiger partial charge is 0.394 e. The quantitative estimate of drug-likeness (QED) is 0.325. The highest BCUT2D eigenvalue weighted by molar-refractivity contribution is 5.56. The van der Waals surface area contributed by atoms with E-state index in [1.165, 1.54) is 0 Å². The molecule has 0 saturated heterocycles. The van der Waals surface area contributed by atoms with Gasteiger partial charge in [-0.05, 0) is 13.0 Å². The second-order valence-electron chi connectivity index (χ2n) is 1.69. The van der Waals surface area contributed by atoms with Crippen molar-refractivity contribution in [2.24, 2.45) is 10.9 Å². The molecule has 0 aliphatic heterocycles. The first-order valence-corrected chi connectivity index (χ1v) is 3.24. The minimum atomic E-state index is 0.498. The number of nitrogens with zero attached hydrogens (tertiary/aromatic N) is 1. The summed E-state index contributed by atoms with van der Waals surface area (Å²) in [5, 5.41) is 3.61. The van der Waals surface area contributed by atoms with E-state index >= 15 is 0 Å². The monoisotopic (exact) mass is 146 g/mol. The van der Waals surface area contributed by atoms with Crippen molar-refractivity contribution in [2.45, 2.75) is 6.42 Å². The predicted octanol–water partition coefficient (Wildman–Crippen LogP) is -0.0160. The fraction of sp³-hybridized carbons (Fsp3) is 0.833. The zero-order chi connectivity index (χ0) is 7.66. The van der Waals surface area contributed by atoms with Gasteiger partial charge in [0.25, 0.3) is 0 Å². The Hall–Kier alpha value is -0.610. The van der Waals surface area contributed by atoms with E-state index in [-0.39, 0.29) is 0 Å². The molecule has 0 heterocycles. The van der Waals surface area contributed by atoms with Gasteiger partial charge >= 0.3 is 0 Å². The van der Waals surface area contributed by atoms with Gasteiger partial charge in [0.15, 0.2) is 0 Å². The van der Waals surface area contributed by atoms with Crippen LogP contribution >= 0.6 is 0 Å². The van der Waals surface area contributed by atoms with Gasteiger partial charge in [-0.1, -0.05) is 5.16 Å². The number of hydrogen-bond acceptors (Lipinski definition) is 4. The summed E-state index contributed by atoms with van der Waals surface area (Å²) in [7, 11) is 1.62. The number of oxime groups is 1. The van der Waals surface area contributed by atoms with E-state index in [9.17, 15) is 0 Å². The third kappa shape index (κ3) is 7.39. The lowest BCUT2D eigenvalue weighted by atomic mass is 10.5.